The molecule has 0 nitrogen and oxygen atoms in total. The summed E-state index contributed by atoms with van der Waals surface area (Å²) in [5.41, 5.74) is 0. The van der Waals surface area contributed by atoms with Crippen LogP contribution in [0.3, 0.4) is 0 Å². The molecule has 1 unspecified atom stereocenters. The van der Waals surface area contributed by atoms with E-state index in [0.717, 1.165) is 11.1 Å². The van der Waals surface area contributed by atoms with Gasteiger partial charge in [-0.15, -0.1) is 0 Å². The van der Waals surface area contributed by atoms with E-state index in [0.29, 0.717) is 0 Å². The predicted molar refractivity (Wildman–Crippen MR) is 40.9 cm³/mol. The first-order chi connectivity index (χ1) is 3.18. The second-order valence-corrected chi connectivity index (χ2v) is 3.40. The van der Waals surface area contributed by atoms with Crippen LogP contribution in [0.5, 0.6) is 0 Å². The molecule has 0 aliphatic carbocycles. The van der Waals surface area contributed by atoms with Crippen molar-refractivity contribution in [3.05, 3.63) is 0 Å². The number of rotatable bonds is 2. The molecule has 42 valence electrons. The molecule has 2 heteroatoms. The average molecular weight is 116 g/mol. The highest BCUT2D eigenvalue weighted by molar-refractivity contribution is 7.99. The molecule has 0 aliphatic heterocycles. The zero-order chi connectivity index (χ0) is 5.86. The summed E-state index contributed by atoms with van der Waals surface area (Å²) in [4.78, 5) is 0. The van der Waals surface area contributed by atoms with Crippen molar-refractivity contribution in [2.24, 2.45) is 0 Å². The molecular weight excluding hydrogens is 103 g/mol. The Morgan fingerprint density at radius 2 is 1.86 bits per heavy atom. The summed E-state index contributed by atoms with van der Waals surface area (Å²) in [6.45, 7) is 4.51. The van der Waals surface area contributed by atoms with Gasteiger partial charge in [0.2, 0.25) is 0 Å². The van der Waals surface area contributed by atoms with Crippen LogP contribution in [-0.2, 0) is 0 Å². The van der Waals surface area contributed by atoms with Crippen LogP contribution in [0.1, 0.15) is 13.8 Å². The Kier molecular flexibility index (Phi) is 3.62. The van der Waals surface area contributed by atoms with Gasteiger partial charge in [0.15, 0.2) is 0 Å². The fourth-order valence-corrected chi connectivity index (χ4v) is 0.816. The van der Waals surface area contributed by atoms with Gasteiger partial charge >= 0.3 is 0 Å². The van der Waals surface area contributed by atoms with E-state index in [9.17, 15) is 0 Å². The molecule has 0 saturated carbocycles. The fraction of sp³-hybridized carbons (Fsp3) is 1.00. The number of hydrogen-bond acceptors (Lipinski definition) is 1. The standard InChI is InChI=1S/C5H13BS/c1-4(6)5(2)7-3/h4-5H,6H2,1-3H3/t4-,5?/m1/s1. The lowest BCUT2D eigenvalue weighted by Crippen LogP contribution is -2.01. The largest absolute Gasteiger partial charge is 0.163 e. The lowest BCUT2D eigenvalue weighted by atomic mass is 9.87. The van der Waals surface area contributed by atoms with E-state index < -0.39 is 0 Å². The zero-order valence-corrected chi connectivity index (χ0v) is 6.38. The minimum Gasteiger partial charge on any atom is -0.163 e. The summed E-state index contributed by atoms with van der Waals surface area (Å²) >= 11 is 1.93. The molecule has 0 heterocycles. The van der Waals surface area contributed by atoms with E-state index >= 15 is 0 Å². The highest BCUT2D eigenvalue weighted by Gasteiger charge is 2.02. The van der Waals surface area contributed by atoms with E-state index in [2.05, 4.69) is 27.9 Å². The molecule has 2 atom stereocenters. The Hall–Kier alpha value is 0.415. The van der Waals surface area contributed by atoms with Crippen molar-refractivity contribution in [2.75, 3.05) is 6.26 Å². The Labute approximate surface area is 51.5 Å². The highest BCUT2D eigenvalue weighted by Crippen LogP contribution is 2.16. The normalized spacial score (nSPS) is 18.7. The maximum absolute atomic E-state index is 2.26. The Morgan fingerprint density at radius 1 is 1.43 bits per heavy atom. The van der Waals surface area contributed by atoms with Crippen LogP contribution in [0.4, 0.5) is 0 Å². The maximum atomic E-state index is 2.26. The van der Waals surface area contributed by atoms with E-state index in [4.69, 9.17) is 0 Å². The predicted octanol–water partition coefficient (Wildman–Crippen LogP) is 1.18. The topological polar surface area (TPSA) is 0 Å². The van der Waals surface area contributed by atoms with Crippen LogP contribution >= 0.6 is 11.8 Å². The van der Waals surface area contributed by atoms with Crippen LogP contribution in [0.15, 0.2) is 0 Å². The molecule has 0 fully saturated rings. The van der Waals surface area contributed by atoms with Crippen molar-refractivity contribution in [3.8, 4) is 0 Å². The minimum absolute atomic E-state index is 0.819. The molecule has 0 amide bonds. The maximum Gasteiger partial charge on any atom is 0.106 e. The third-order valence-corrected chi connectivity index (χ3v) is 2.60. The van der Waals surface area contributed by atoms with Gasteiger partial charge in [-0.3, -0.25) is 0 Å². The van der Waals surface area contributed by atoms with Gasteiger partial charge in [0, 0.05) is 0 Å². The molecule has 0 aromatic carbocycles. The van der Waals surface area contributed by atoms with Crippen molar-refractivity contribution in [2.45, 2.75) is 24.9 Å². The molecule has 0 N–H and O–H groups in total. The van der Waals surface area contributed by atoms with Gasteiger partial charge in [0.05, 0.1) is 0 Å². The van der Waals surface area contributed by atoms with Crippen LogP contribution < -0.4 is 0 Å². The van der Waals surface area contributed by atoms with Gasteiger partial charge < -0.3 is 0 Å². The van der Waals surface area contributed by atoms with Crippen molar-refractivity contribution >= 4 is 19.6 Å². The summed E-state index contributed by atoms with van der Waals surface area (Å²) in [5, 5.41) is 0.819. The first-order valence-electron chi connectivity index (χ1n) is 2.71. The molecule has 0 spiro atoms. The molecule has 7 heavy (non-hydrogen) atoms. The summed E-state index contributed by atoms with van der Waals surface area (Å²) in [5.74, 6) is 0.829. The molecule has 0 saturated heterocycles. The Balaban J connectivity index is 3.14. The van der Waals surface area contributed by atoms with Crippen molar-refractivity contribution < 1.29 is 0 Å². The number of hydrogen-bond donors (Lipinski definition) is 0. The van der Waals surface area contributed by atoms with Crippen LogP contribution in [-0.4, -0.2) is 19.4 Å². The lowest BCUT2D eigenvalue weighted by Gasteiger charge is -2.10. The molecular formula is C5H13BS. The molecule has 0 rings (SSSR count). The summed E-state index contributed by atoms with van der Waals surface area (Å²) in [7, 11) is 2.25. The molecule has 0 aromatic heterocycles. The van der Waals surface area contributed by atoms with Gasteiger partial charge in [-0.05, 0) is 11.5 Å². The van der Waals surface area contributed by atoms with E-state index in [1.807, 2.05) is 11.8 Å². The molecule has 0 radical (unpaired) electrons. The summed E-state index contributed by atoms with van der Waals surface area (Å²) in [6, 6.07) is 0. The number of thioether (sulfide) groups is 1. The van der Waals surface area contributed by atoms with Gasteiger partial charge in [-0.1, -0.05) is 19.7 Å². The SMILES string of the molecule is B[C@H](C)C(C)SC. The second kappa shape index (κ2) is 3.42. The lowest BCUT2D eigenvalue weighted by molar-refractivity contribution is 0.903. The van der Waals surface area contributed by atoms with Crippen molar-refractivity contribution in [1.82, 2.24) is 0 Å². The third-order valence-electron chi connectivity index (χ3n) is 1.31. The first kappa shape index (κ1) is 7.41. The van der Waals surface area contributed by atoms with Crippen molar-refractivity contribution in [3.63, 3.8) is 0 Å². The smallest absolute Gasteiger partial charge is 0.106 e. The molecule has 0 bridgehead atoms. The van der Waals surface area contributed by atoms with E-state index in [1.54, 1.807) is 0 Å². The van der Waals surface area contributed by atoms with Gasteiger partial charge in [-0.2, -0.15) is 11.8 Å². The third kappa shape index (κ3) is 3.04. The van der Waals surface area contributed by atoms with Crippen LogP contribution in [0, 0.1) is 0 Å². The summed E-state index contributed by atoms with van der Waals surface area (Å²) in [6.07, 6.45) is 2.16. The van der Waals surface area contributed by atoms with Crippen LogP contribution in [0.25, 0.3) is 0 Å². The fourth-order valence-electron chi connectivity index (χ4n) is 0.272. The van der Waals surface area contributed by atoms with Crippen LogP contribution in [0.2, 0.25) is 5.82 Å². The Morgan fingerprint density at radius 3 is 1.86 bits per heavy atom. The second-order valence-electron chi connectivity index (χ2n) is 2.18. The van der Waals surface area contributed by atoms with Gasteiger partial charge in [0.1, 0.15) is 7.85 Å². The van der Waals surface area contributed by atoms with E-state index in [-0.39, 0.29) is 0 Å². The Bertz CT molecular complexity index is 45.3. The summed E-state index contributed by atoms with van der Waals surface area (Å²) < 4.78 is 0. The molecule has 0 aliphatic rings. The molecule has 0 aromatic rings. The van der Waals surface area contributed by atoms with E-state index in [1.165, 1.54) is 0 Å². The highest BCUT2D eigenvalue weighted by atomic mass is 32.2. The minimum atomic E-state index is 0.819. The zero-order valence-electron chi connectivity index (χ0n) is 5.56. The first-order valence-corrected chi connectivity index (χ1v) is 4.00. The monoisotopic (exact) mass is 116 g/mol. The average Bonchev–Trinajstić information content (AvgIpc) is 1.65. The van der Waals surface area contributed by atoms with Gasteiger partial charge in [-0.25, -0.2) is 0 Å². The quantitative estimate of drug-likeness (QED) is 0.488. The van der Waals surface area contributed by atoms with Crippen molar-refractivity contribution in [1.29, 1.82) is 0 Å². The van der Waals surface area contributed by atoms with Gasteiger partial charge in [0.25, 0.3) is 0 Å².